The molecule has 3 nitrogen and oxygen atoms in total. The minimum atomic E-state index is -4.47. The highest BCUT2D eigenvalue weighted by molar-refractivity contribution is 6.30. The van der Waals surface area contributed by atoms with Gasteiger partial charge in [0.2, 0.25) is 5.91 Å². The number of halogens is 4. The summed E-state index contributed by atoms with van der Waals surface area (Å²) in [6.07, 6.45) is -3.84. The van der Waals surface area contributed by atoms with E-state index in [-0.39, 0.29) is 23.7 Å². The number of carbonyl (C=O) groups is 1. The monoisotopic (exact) mass is 312 g/mol. The van der Waals surface area contributed by atoms with Crippen LogP contribution < -0.4 is 4.90 Å². The molecule has 0 unspecified atom stereocenters. The van der Waals surface area contributed by atoms with Crippen LogP contribution in [0.25, 0.3) is 0 Å². The van der Waals surface area contributed by atoms with Crippen molar-refractivity contribution in [3.63, 3.8) is 0 Å². The fraction of sp³-hybridized carbons (Fsp3) is 0.143. The summed E-state index contributed by atoms with van der Waals surface area (Å²) in [7, 11) is 0. The molecule has 21 heavy (non-hydrogen) atoms. The van der Waals surface area contributed by atoms with Gasteiger partial charge in [0.05, 0.1) is 17.7 Å². The Kier molecular flexibility index (Phi) is 3.13. The number of hydrogen-bond acceptors (Lipinski definition) is 2. The van der Waals surface area contributed by atoms with Gasteiger partial charge < -0.3 is 0 Å². The fourth-order valence-corrected chi connectivity index (χ4v) is 2.33. The van der Waals surface area contributed by atoms with Gasteiger partial charge in [-0.05, 0) is 30.3 Å². The molecule has 0 aliphatic carbocycles. The molecule has 7 heteroatoms. The van der Waals surface area contributed by atoms with Crippen molar-refractivity contribution in [1.29, 1.82) is 0 Å². The van der Waals surface area contributed by atoms with Crippen LogP contribution in [0.3, 0.4) is 0 Å². The summed E-state index contributed by atoms with van der Waals surface area (Å²) in [6, 6.07) is 7.41. The second kappa shape index (κ2) is 4.73. The Morgan fingerprint density at radius 3 is 2.48 bits per heavy atom. The Morgan fingerprint density at radius 2 is 1.86 bits per heavy atom. The highest BCUT2D eigenvalue weighted by atomic mass is 35.5. The molecule has 3 rings (SSSR count). The molecule has 1 aromatic heterocycles. The molecule has 0 spiro atoms. The quantitative estimate of drug-likeness (QED) is 0.798. The Morgan fingerprint density at radius 1 is 1.19 bits per heavy atom. The van der Waals surface area contributed by atoms with Crippen LogP contribution in [0.4, 0.5) is 24.7 Å². The van der Waals surface area contributed by atoms with E-state index in [1.165, 1.54) is 4.90 Å². The molecule has 2 heterocycles. The molecule has 2 aromatic rings. The van der Waals surface area contributed by atoms with Gasteiger partial charge in [-0.15, -0.1) is 0 Å². The van der Waals surface area contributed by atoms with Crippen molar-refractivity contribution in [1.82, 2.24) is 4.98 Å². The highest BCUT2D eigenvalue weighted by Gasteiger charge is 2.36. The van der Waals surface area contributed by atoms with Crippen molar-refractivity contribution in [2.24, 2.45) is 0 Å². The molecule has 0 saturated carbocycles. The van der Waals surface area contributed by atoms with Crippen LogP contribution in [0.2, 0.25) is 5.02 Å². The van der Waals surface area contributed by atoms with Crippen molar-refractivity contribution in [2.75, 3.05) is 4.90 Å². The predicted molar refractivity (Wildman–Crippen MR) is 71.5 cm³/mol. The number of alkyl halides is 3. The van der Waals surface area contributed by atoms with Crippen LogP contribution in [-0.2, 0) is 17.4 Å². The zero-order chi connectivity index (χ0) is 15.2. The smallest absolute Gasteiger partial charge is 0.274 e. The summed E-state index contributed by atoms with van der Waals surface area (Å²) in [5.74, 6) is -0.0885. The maximum absolute atomic E-state index is 12.7. The van der Waals surface area contributed by atoms with Crippen LogP contribution in [-0.4, -0.2) is 10.9 Å². The molecule has 0 radical (unpaired) electrons. The first kappa shape index (κ1) is 13.9. The maximum Gasteiger partial charge on any atom is 0.417 e. The molecule has 0 atom stereocenters. The van der Waals surface area contributed by atoms with Gasteiger partial charge in [-0.1, -0.05) is 11.6 Å². The minimum Gasteiger partial charge on any atom is -0.274 e. The van der Waals surface area contributed by atoms with Crippen LogP contribution in [0, 0.1) is 0 Å². The van der Waals surface area contributed by atoms with Crippen LogP contribution in [0.1, 0.15) is 11.1 Å². The first-order valence-corrected chi connectivity index (χ1v) is 6.39. The Bertz CT molecular complexity index is 713. The van der Waals surface area contributed by atoms with Crippen molar-refractivity contribution in [2.45, 2.75) is 12.6 Å². The van der Waals surface area contributed by atoms with Crippen LogP contribution in [0.5, 0.6) is 0 Å². The SMILES string of the molecule is O=C1Cc2cc(C(F)(F)F)cnc2N1c1ccc(Cl)cc1. The number of rotatable bonds is 1. The molecular weight excluding hydrogens is 305 g/mol. The van der Waals surface area contributed by atoms with Crippen molar-refractivity contribution in [3.05, 3.63) is 52.7 Å². The Balaban J connectivity index is 2.04. The molecule has 0 bridgehead atoms. The second-order valence-corrected chi connectivity index (χ2v) is 5.02. The molecule has 1 amide bonds. The third-order valence-corrected chi connectivity index (χ3v) is 3.41. The first-order chi connectivity index (χ1) is 9.86. The van der Waals surface area contributed by atoms with E-state index < -0.39 is 11.7 Å². The standard InChI is InChI=1S/C14H8ClF3N2O/c15-10-1-3-11(4-2-10)20-12(21)6-8-5-9(14(16,17)18)7-19-13(8)20/h1-5,7H,6H2. The number of amides is 1. The van der Waals surface area contributed by atoms with Crippen LogP contribution in [0.15, 0.2) is 36.5 Å². The van der Waals surface area contributed by atoms with Crippen molar-refractivity contribution in [3.8, 4) is 0 Å². The van der Waals surface area contributed by atoms with Gasteiger partial charge in [0, 0.05) is 16.8 Å². The van der Waals surface area contributed by atoms with E-state index >= 15 is 0 Å². The number of anilines is 2. The molecule has 1 aliphatic heterocycles. The predicted octanol–water partition coefficient (Wildman–Crippen LogP) is 3.97. The largest absolute Gasteiger partial charge is 0.417 e. The normalized spacial score (nSPS) is 14.5. The summed E-state index contributed by atoms with van der Waals surface area (Å²) in [5.41, 5.74) is -0.0628. The van der Waals surface area contributed by atoms with Crippen molar-refractivity contribution >= 4 is 29.0 Å². The number of hydrogen-bond donors (Lipinski definition) is 0. The molecule has 1 aliphatic rings. The molecule has 0 N–H and O–H groups in total. The van der Waals surface area contributed by atoms with Gasteiger partial charge in [0.25, 0.3) is 0 Å². The Labute approximate surface area is 123 Å². The zero-order valence-corrected chi connectivity index (χ0v) is 11.2. The lowest BCUT2D eigenvalue weighted by molar-refractivity contribution is -0.137. The van der Waals surface area contributed by atoms with E-state index in [1.807, 2.05) is 0 Å². The number of benzene rings is 1. The summed E-state index contributed by atoms with van der Waals surface area (Å²) >= 11 is 5.78. The lowest BCUT2D eigenvalue weighted by Crippen LogP contribution is -2.21. The van der Waals surface area contributed by atoms with Gasteiger partial charge in [-0.25, -0.2) is 4.98 Å². The summed E-state index contributed by atoms with van der Waals surface area (Å²) in [5, 5.41) is 0.506. The van der Waals surface area contributed by atoms with E-state index in [2.05, 4.69) is 4.98 Å². The van der Waals surface area contributed by atoms with E-state index in [0.717, 1.165) is 12.3 Å². The molecule has 0 saturated heterocycles. The highest BCUT2D eigenvalue weighted by Crippen LogP contribution is 2.37. The summed E-state index contributed by atoms with van der Waals surface area (Å²) < 4.78 is 38.0. The third kappa shape index (κ3) is 2.47. The first-order valence-electron chi connectivity index (χ1n) is 6.01. The van der Waals surface area contributed by atoms with E-state index in [1.54, 1.807) is 24.3 Å². The van der Waals surface area contributed by atoms with E-state index in [0.29, 0.717) is 10.7 Å². The van der Waals surface area contributed by atoms with E-state index in [9.17, 15) is 18.0 Å². The van der Waals surface area contributed by atoms with Gasteiger partial charge in [-0.3, -0.25) is 9.69 Å². The number of fused-ring (bicyclic) bond motifs is 1. The maximum atomic E-state index is 12.7. The number of carbonyl (C=O) groups excluding carboxylic acids is 1. The summed E-state index contributed by atoms with van der Waals surface area (Å²) in [4.78, 5) is 17.2. The topological polar surface area (TPSA) is 33.2 Å². The average molecular weight is 313 g/mol. The Hall–Kier alpha value is -2.08. The average Bonchev–Trinajstić information content (AvgIpc) is 2.74. The third-order valence-electron chi connectivity index (χ3n) is 3.16. The zero-order valence-electron chi connectivity index (χ0n) is 10.5. The fourth-order valence-electron chi connectivity index (χ4n) is 2.21. The van der Waals surface area contributed by atoms with Gasteiger partial charge in [0.1, 0.15) is 5.82 Å². The molecule has 1 aromatic carbocycles. The second-order valence-electron chi connectivity index (χ2n) is 4.59. The summed E-state index contributed by atoms with van der Waals surface area (Å²) in [6.45, 7) is 0. The molecular formula is C14H8ClF3N2O. The number of nitrogens with zero attached hydrogens (tertiary/aromatic N) is 2. The minimum absolute atomic E-state index is 0.102. The lowest BCUT2D eigenvalue weighted by atomic mass is 10.1. The van der Waals surface area contributed by atoms with Crippen LogP contribution >= 0.6 is 11.6 Å². The number of pyridine rings is 1. The van der Waals surface area contributed by atoms with Gasteiger partial charge >= 0.3 is 6.18 Å². The van der Waals surface area contributed by atoms with E-state index in [4.69, 9.17) is 11.6 Å². The lowest BCUT2D eigenvalue weighted by Gasteiger charge is -2.17. The molecule has 108 valence electrons. The van der Waals surface area contributed by atoms with Gasteiger partial charge in [0.15, 0.2) is 0 Å². The van der Waals surface area contributed by atoms with Gasteiger partial charge in [-0.2, -0.15) is 13.2 Å². The van der Waals surface area contributed by atoms with Crippen molar-refractivity contribution < 1.29 is 18.0 Å². The number of aromatic nitrogens is 1. The molecule has 0 fully saturated rings.